The van der Waals surface area contributed by atoms with Crippen LogP contribution in [0.15, 0.2) is 24.3 Å². The SMILES string of the molecule is Cc1ccccc1OC(F)(F)F. The highest BCUT2D eigenvalue weighted by atomic mass is 19.4. The molecule has 0 spiro atoms. The summed E-state index contributed by atoms with van der Waals surface area (Å²) in [6.07, 6.45) is -4.61. The summed E-state index contributed by atoms with van der Waals surface area (Å²) in [5.41, 5.74) is 0.467. The van der Waals surface area contributed by atoms with Gasteiger partial charge in [0.15, 0.2) is 0 Å². The Hall–Kier alpha value is -1.19. The van der Waals surface area contributed by atoms with Crippen LogP contribution < -0.4 is 4.74 Å². The normalized spacial score (nSPS) is 11.3. The Bertz CT molecular complexity index is 267. The van der Waals surface area contributed by atoms with E-state index in [4.69, 9.17) is 0 Å². The van der Waals surface area contributed by atoms with Crippen LogP contribution in [0, 0.1) is 6.92 Å². The van der Waals surface area contributed by atoms with Gasteiger partial charge in [-0.1, -0.05) is 18.2 Å². The van der Waals surface area contributed by atoms with E-state index in [1.165, 1.54) is 12.1 Å². The summed E-state index contributed by atoms with van der Waals surface area (Å²) in [6.45, 7) is 1.56. The van der Waals surface area contributed by atoms with Crippen molar-refractivity contribution in [3.05, 3.63) is 29.8 Å². The predicted molar refractivity (Wildman–Crippen MR) is 37.9 cm³/mol. The van der Waals surface area contributed by atoms with Crippen LogP contribution in [0.4, 0.5) is 13.2 Å². The molecule has 12 heavy (non-hydrogen) atoms. The Morgan fingerprint density at radius 3 is 2.25 bits per heavy atom. The molecule has 0 amide bonds. The van der Waals surface area contributed by atoms with Gasteiger partial charge in [0.2, 0.25) is 0 Å². The lowest BCUT2D eigenvalue weighted by molar-refractivity contribution is -0.274. The number of hydrogen-bond donors (Lipinski definition) is 0. The average molecular weight is 176 g/mol. The number of para-hydroxylation sites is 1. The predicted octanol–water partition coefficient (Wildman–Crippen LogP) is 2.89. The number of halogens is 3. The molecule has 0 saturated heterocycles. The average Bonchev–Trinajstić information content (AvgIpc) is 1.91. The quantitative estimate of drug-likeness (QED) is 0.639. The molecule has 0 radical (unpaired) electrons. The standard InChI is InChI=1S/C8H7F3O/c1-6-4-2-3-5-7(6)12-8(9,10)11/h2-5H,1H3. The van der Waals surface area contributed by atoms with Gasteiger partial charge in [-0.05, 0) is 18.6 Å². The first-order valence-corrected chi connectivity index (χ1v) is 3.30. The van der Waals surface area contributed by atoms with Gasteiger partial charge in [0.1, 0.15) is 5.75 Å². The molecule has 0 aromatic heterocycles. The first-order chi connectivity index (χ1) is 5.49. The number of benzene rings is 1. The monoisotopic (exact) mass is 176 g/mol. The van der Waals surface area contributed by atoms with Crippen molar-refractivity contribution >= 4 is 0 Å². The van der Waals surface area contributed by atoms with Crippen molar-refractivity contribution in [1.82, 2.24) is 0 Å². The molecule has 0 bridgehead atoms. The molecule has 0 aliphatic rings. The van der Waals surface area contributed by atoms with Crippen LogP contribution >= 0.6 is 0 Å². The number of rotatable bonds is 1. The molecular weight excluding hydrogens is 169 g/mol. The summed E-state index contributed by atoms with van der Waals surface area (Å²) in [6, 6.07) is 5.98. The molecule has 1 rings (SSSR count). The fourth-order valence-electron chi connectivity index (χ4n) is 0.796. The maximum atomic E-state index is 11.7. The van der Waals surface area contributed by atoms with Crippen LogP contribution in [0.5, 0.6) is 5.75 Å². The Kier molecular flexibility index (Phi) is 2.26. The van der Waals surface area contributed by atoms with Crippen molar-refractivity contribution in [3.63, 3.8) is 0 Å². The maximum absolute atomic E-state index is 11.7. The van der Waals surface area contributed by atoms with Gasteiger partial charge in [-0.25, -0.2) is 0 Å². The van der Waals surface area contributed by atoms with Gasteiger partial charge in [-0.3, -0.25) is 0 Å². The van der Waals surface area contributed by atoms with Crippen LogP contribution in [0.1, 0.15) is 5.56 Å². The fourth-order valence-corrected chi connectivity index (χ4v) is 0.796. The maximum Gasteiger partial charge on any atom is 0.573 e. The molecule has 0 saturated carbocycles. The van der Waals surface area contributed by atoms with Gasteiger partial charge in [0.25, 0.3) is 0 Å². The van der Waals surface area contributed by atoms with E-state index in [-0.39, 0.29) is 5.75 Å². The third-order valence-corrected chi connectivity index (χ3v) is 1.32. The number of hydrogen-bond acceptors (Lipinski definition) is 1. The van der Waals surface area contributed by atoms with Gasteiger partial charge in [-0.2, -0.15) is 0 Å². The largest absolute Gasteiger partial charge is 0.573 e. The first kappa shape index (κ1) is 8.90. The van der Waals surface area contributed by atoms with E-state index >= 15 is 0 Å². The van der Waals surface area contributed by atoms with Crippen molar-refractivity contribution in [2.45, 2.75) is 13.3 Å². The molecule has 0 fully saturated rings. The molecule has 0 unspecified atom stereocenters. The first-order valence-electron chi connectivity index (χ1n) is 3.30. The van der Waals surface area contributed by atoms with Gasteiger partial charge in [-0.15, -0.1) is 13.2 Å². The van der Waals surface area contributed by atoms with E-state index < -0.39 is 6.36 Å². The van der Waals surface area contributed by atoms with Crippen molar-refractivity contribution in [2.24, 2.45) is 0 Å². The van der Waals surface area contributed by atoms with E-state index in [1.807, 2.05) is 0 Å². The van der Waals surface area contributed by atoms with Gasteiger partial charge in [0.05, 0.1) is 0 Å². The molecule has 0 N–H and O–H groups in total. The van der Waals surface area contributed by atoms with E-state index in [0.717, 1.165) is 0 Å². The van der Waals surface area contributed by atoms with Gasteiger partial charge < -0.3 is 4.74 Å². The molecule has 4 heteroatoms. The topological polar surface area (TPSA) is 9.23 Å². The third-order valence-electron chi connectivity index (χ3n) is 1.32. The molecule has 0 aliphatic heterocycles. The number of aryl methyl sites for hydroxylation is 1. The van der Waals surface area contributed by atoms with Crippen LogP contribution in [0.2, 0.25) is 0 Å². The molecule has 0 atom stereocenters. The Morgan fingerprint density at radius 2 is 1.75 bits per heavy atom. The lowest BCUT2D eigenvalue weighted by Gasteiger charge is -2.10. The lowest BCUT2D eigenvalue weighted by Crippen LogP contribution is -2.17. The molecule has 1 aromatic rings. The van der Waals surface area contributed by atoms with Crippen LogP contribution in [-0.4, -0.2) is 6.36 Å². The summed E-state index contributed by atoms with van der Waals surface area (Å²) in [7, 11) is 0. The smallest absolute Gasteiger partial charge is 0.406 e. The van der Waals surface area contributed by atoms with Crippen LogP contribution in [0.3, 0.4) is 0 Å². The van der Waals surface area contributed by atoms with Gasteiger partial charge >= 0.3 is 6.36 Å². The van der Waals surface area contributed by atoms with Crippen LogP contribution in [0.25, 0.3) is 0 Å². The summed E-state index contributed by atoms with van der Waals surface area (Å²) < 4.78 is 38.8. The van der Waals surface area contributed by atoms with E-state index in [0.29, 0.717) is 5.56 Å². The fraction of sp³-hybridized carbons (Fsp3) is 0.250. The second-order valence-corrected chi connectivity index (χ2v) is 2.31. The second-order valence-electron chi connectivity index (χ2n) is 2.31. The lowest BCUT2D eigenvalue weighted by atomic mass is 10.2. The van der Waals surface area contributed by atoms with Crippen molar-refractivity contribution in [2.75, 3.05) is 0 Å². The van der Waals surface area contributed by atoms with Crippen molar-refractivity contribution in [1.29, 1.82) is 0 Å². The number of alkyl halides is 3. The zero-order valence-electron chi connectivity index (χ0n) is 6.35. The second kappa shape index (κ2) is 3.05. The van der Waals surface area contributed by atoms with Crippen LogP contribution in [-0.2, 0) is 0 Å². The Balaban J connectivity index is 2.83. The summed E-state index contributed by atoms with van der Waals surface area (Å²) in [5, 5.41) is 0. The molecular formula is C8H7F3O. The molecule has 1 nitrogen and oxygen atoms in total. The minimum Gasteiger partial charge on any atom is -0.406 e. The summed E-state index contributed by atoms with van der Waals surface area (Å²) in [5.74, 6) is -0.148. The minimum absolute atomic E-state index is 0.148. The number of ether oxygens (including phenoxy) is 1. The Morgan fingerprint density at radius 1 is 1.17 bits per heavy atom. The molecule has 0 heterocycles. The highest BCUT2D eigenvalue weighted by Gasteiger charge is 2.31. The van der Waals surface area contributed by atoms with E-state index in [2.05, 4.69) is 4.74 Å². The highest BCUT2D eigenvalue weighted by Crippen LogP contribution is 2.24. The van der Waals surface area contributed by atoms with Gasteiger partial charge in [0, 0.05) is 0 Å². The minimum atomic E-state index is -4.61. The van der Waals surface area contributed by atoms with Crippen molar-refractivity contribution in [3.8, 4) is 5.75 Å². The molecule has 1 aromatic carbocycles. The highest BCUT2D eigenvalue weighted by molar-refractivity contribution is 5.31. The zero-order valence-corrected chi connectivity index (χ0v) is 6.35. The molecule has 0 aliphatic carbocycles. The summed E-state index contributed by atoms with van der Waals surface area (Å²) in [4.78, 5) is 0. The van der Waals surface area contributed by atoms with E-state index in [1.54, 1.807) is 19.1 Å². The Labute approximate surface area is 67.8 Å². The molecule has 66 valence electrons. The summed E-state index contributed by atoms with van der Waals surface area (Å²) >= 11 is 0. The van der Waals surface area contributed by atoms with Crippen molar-refractivity contribution < 1.29 is 17.9 Å². The third kappa shape index (κ3) is 2.45. The van der Waals surface area contributed by atoms with E-state index in [9.17, 15) is 13.2 Å². The zero-order chi connectivity index (χ0) is 9.19.